The van der Waals surface area contributed by atoms with Crippen molar-refractivity contribution >= 4 is 0 Å². The summed E-state index contributed by atoms with van der Waals surface area (Å²) in [6, 6.07) is 10.9. The molecule has 150 valence electrons. The number of aromatic nitrogens is 2. The van der Waals surface area contributed by atoms with Gasteiger partial charge in [0.2, 0.25) is 0 Å². The van der Waals surface area contributed by atoms with Gasteiger partial charge in [-0.15, -0.1) is 0 Å². The van der Waals surface area contributed by atoms with Crippen molar-refractivity contribution in [3.63, 3.8) is 0 Å². The first-order chi connectivity index (χ1) is 13.3. The third-order valence-corrected chi connectivity index (χ3v) is 5.54. The number of hydrogen-bond donors (Lipinski definition) is 0. The highest BCUT2D eigenvalue weighted by Gasteiger charge is 2.16. The lowest BCUT2D eigenvalue weighted by atomic mass is 10.1. The first-order valence-corrected chi connectivity index (χ1v) is 11.5. The lowest BCUT2D eigenvalue weighted by Gasteiger charge is -2.06. The molecular formula is C25H41N2+. The van der Waals surface area contributed by atoms with Gasteiger partial charge in [0.25, 0.3) is 5.82 Å². The van der Waals surface area contributed by atoms with Crippen molar-refractivity contribution < 1.29 is 4.57 Å². The van der Waals surface area contributed by atoms with E-state index >= 15 is 0 Å². The Labute approximate surface area is 167 Å². The molecule has 0 spiro atoms. The predicted octanol–water partition coefficient (Wildman–Crippen LogP) is 6.70. The Morgan fingerprint density at radius 2 is 1.37 bits per heavy atom. The summed E-state index contributed by atoms with van der Waals surface area (Å²) in [4.78, 5) is 0. The van der Waals surface area contributed by atoms with Crippen molar-refractivity contribution in [3.8, 4) is 0 Å². The molecule has 0 fully saturated rings. The minimum Gasteiger partial charge on any atom is -0.234 e. The molecule has 0 atom stereocenters. The summed E-state index contributed by atoms with van der Waals surface area (Å²) in [5, 5.41) is 0. The summed E-state index contributed by atoms with van der Waals surface area (Å²) in [5.41, 5.74) is 1.40. The van der Waals surface area contributed by atoms with Gasteiger partial charge in [0.05, 0.1) is 6.54 Å². The van der Waals surface area contributed by atoms with Crippen molar-refractivity contribution in [2.24, 2.45) is 0 Å². The maximum atomic E-state index is 2.53. The smallest absolute Gasteiger partial charge is 0.234 e. The lowest BCUT2D eigenvalue weighted by Crippen LogP contribution is -2.37. The molecule has 0 saturated carbocycles. The Morgan fingerprint density at radius 3 is 2.07 bits per heavy atom. The van der Waals surface area contributed by atoms with E-state index in [1.165, 1.54) is 95.0 Å². The van der Waals surface area contributed by atoms with Gasteiger partial charge in [0.1, 0.15) is 18.9 Å². The zero-order valence-electron chi connectivity index (χ0n) is 17.8. The molecule has 0 aliphatic heterocycles. The summed E-state index contributed by atoms with van der Waals surface area (Å²) in [6.07, 6.45) is 20.8. The Bertz CT molecular complexity index is 600. The van der Waals surface area contributed by atoms with Gasteiger partial charge in [-0.1, -0.05) is 95.5 Å². The van der Waals surface area contributed by atoms with Crippen LogP contribution < -0.4 is 4.57 Å². The fraction of sp³-hybridized carbons (Fsp3) is 0.640. The van der Waals surface area contributed by atoms with Crippen LogP contribution in [0.25, 0.3) is 0 Å². The fourth-order valence-corrected chi connectivity index (χ4v) is 3.86. The number of unbranched alkanes of at least 4 members (excludes halogenated alkanes) is 9. The molecule has 2 aromatic rings. The zero-order chi connectivity index (χ0) is 19.2. The Hall–Kier alpha value is -1.57. The van der Waals surface area contributed by atoms with E-state index in [0.29, 0.717) is 0 Å². The average molecular weight is 370 g/mol. The standard InChI is InChI=1S/C25H41N2/c1-3-5-7-9-11-16-20-26-21-22-27(23-24-17-13-12-14-18-24)25(26)19-15-10-8-6-4-2/h12-14,17-18,21-22H,3-11,15-16,19-20,23H2,1-2H3/q+1. The number of benzene rings is 1. The van der Waals surface area contributed by atoms with Crippen LogP contribution in [0.15, 0.2) is 42.7 Å². The van der Waals surface area contributed by atoms with Gasteiger partial charge in [-0.2, -0.15) is 0 Å². The van der Waals surface area contributed by atoms with Gasteiger partial charge in [0, 0.05) is 6.42 Å². The monoisotopic (exact) mass is 369 g/mol. The summed E-state index contributed by atoms with van der Waals surface area (Å²) in [6.45, 7) is 6.75. The van der Waals surface area contributed by atoms with Gasteiger partial charge < -0.3 is 0 Å². The van der Waals surface area contributed by atoms with Crippen LogP contribution in [0.1, 0.15) is 95.9 Å². The second kappa shape index (κ2) is 13.6. The second-order valence-electron chi connectivity index (χ2n) is 7.95. The van der Waals surface area contributed by atoms with Crippen molar-refractivity contribution in [3.05, 3.63) is 54.1 Å². The quantitative estimate of drug-likeness (QED) is 0.244. The summed E-state index contributed by atoms with van der Waals surface area (Å²) >= 11 is 0. The van der Waals surface area contributed by atoms with Gasteiger partial charge >= 0.3 is 0 Å². The molecule has 0 aliphatic carbocycles. The van der Waals surface area contributed by atoms with E-state index in [0.717, 1.165) is 6.54 Å². The molecule has 0 amide bonds. The maximum absolute atomic E-state index is 2.53. The highest BCUT2D eigenvalue weighted by molar-refractivity contribution is 5.13. The summed E-state index contributed by atoms with van der Waals surface area (Å²) in [7, 11) is 0. The first kappa shape index (κ1) is 21.7. The molecule has 1 aromatic carbocycles. The molecule has 0 N–H and O–H groups in total. The third-order valence-electron chi connectivity index (χ3n) is 5.54. The van der Waals surface area contributed by atoms with Crippen LogP contribution in [0.4, 0.5) is 0 Å². The van der Waals surface area contributed by atoms with Crippen LogP contribution in [0, 0.1) is 0 Å². The number of aryl methyl sites for hydroxylation is 1. The van der Waals surface area contributed by atoms with Gasteiger partial charge in [-0.3, -0.25) is 0 Å². The molecule has 0 aliphatic rings. The molecule has 1 aromatic heterocycles. The number of hydrogen-bond acceptors (Lipinski definition) is 0. The van der Waals surface area contributed by atoms with Crippen molar-refractivity contribution in [2.75, 3.05) is 0 Å². The number of imidazole rings is 1. The molecule has 0 unspecified atom stereocenters. The molecule has 27 heavy (non-hydrogen) atoms. The minimum atomic E-state index is 0.995. The molecule has 2 rings (SSSR count). The Morgan fingerprint density at radius 1 is 0.741 bits per heavy atom. The number of nitrogens with zero attached hydrogens (tertiary/aromatic N) is 2. The van der Waals surface area contributed by atoms with Gasteiger partial charge in [-0.05, 0) is 24.8 Å². The van der Waals surface area contributed by atoms with Crippen LogP contribution in [0.5, 0.6) is 0 Å². The molecular weight excluding hydrogens is 328 g/mol. The van der Waals surface area contributed by atoms with Crippen LogP contribution in [0.2, 0.25) is 0 Å². The van der Waals surface area contributed by atoms with Crippen LogP contribution in [-0.2, 0) is 19.5 Å². The Kier molecular flexibility index (Phi) is 10.9. The maximum Gasteiger partial charge on any atom is 0.256 e. The second-order valence-corrected chi connectivity index (χ2v) is 7.95. The summed E-state index contributed by atoms with van der Waals surface area (Å²) < 4.78 is 5.01. The number of rotatable bonds is 15. The summed E-state index contributed by atoms with van der Waals surface area (Å²) in [5.74, 6) is 1.52. The molecule has 0 radical (unpaired) electrons. The van der Waals surface area contributed by atoms with Crippen LogP contribution >= 0.6 is 0 Å². The minimum absolute atomic E-state index is 0.995. The first-order valence-electron chi connectivity index (χ1n) is 11.5. The zero-order valence-corrected chi connectivity index (χ0v) is 17.8. The van der Waals surface area contributed by atoms with E-state index in [1.807, 2.05) is 0 Å². The Balaban J connectivity index is 1.92. The fourth-order valence-electron chi connectivity index (χ4n) is 3.86. The van der Waals surface area contributed by atoms with Crippen LogP contribution in [0.3, 0.4) is 0 Å². The highest BCUT2D eigenvalue weighted by Crippen LogP contribution is 2.11. The van der Waals surface area contributed by atoms with Crippen molar-refractivity contribution in [2.45, 2.75) is 104 Å². The van der Waals surface area contributed by atoms with E-state index < -0.39 is 0 Å². The molecule has 0 saturated heterocycles. The van der Waals surface area contributed by atoms with E-state index in [1.54, 1.807) is 0 Å². The molecule has 0 bridgehead atoms. The predicted molar refractivity (Wildman–Crippen MR) is 116 cm³/mol. The van der Waals surface area contributed by atoms with Gasteiger partial charge in [0.15, 0.2) is 0 Å². The van der Waals surface area contributed by atoms with Gasteiger partial charge in [-0.25, -0.2) is 9.13 Å². The SMILES string of the molecule is CCCCCCCCn1cc[n+](Cc2ccccc2)c1CCCCCCC. The highest BCUT2D eigenvalue weighted by atomic mass is 15.1. The normalized spacial score (nSPS) is 11.2. The van der Waals surface area contributed by atoms with E-state index in [9.17, 15) is 0 Å². The molecule has 2 nitrogen and oxygen atoms in total. The average Bonchev–Trinajstić information content (AvgIpc) is 3.07. The van der Waals surface area contributed by atoms with E-state index in [2.05, 4.69) is 65.7 Å². The largest absolute Gasteiger partial charge is 0.256 e. The third kappa shape index (κ3) is 8.32. The van der Waals surface area contributed by atoms with Crippen LogP contribution in [-0.4, -0.2) is 4.57 Å². The van der Waals surface area contributed by atoms with Crippen molar-refractivity contribution in [1.29, 1.82) is 0 Å². The van der Waals surface area contributed by atoms with E-state index in [4.69, 9.17) is 0 Å². The molecule has 1 heterocycles. The molecule has 2 heteroatoms. The lowest BCUT2D eigenvalue weighted by molar-refractivity contribution is -0.695. The van der Waals surface area contributed by atoms with E-state index in [-0.39, 0.29) is 0 Å². The topological polar surface area (TPSA) is 8.81 Å². The van der Waals surface area contributed by atoms with Crippen molar-refractivity contribution in [1.82, 2.24) is 4.57 Å².